The molecule has 4 fully saturated rings. The van der Waals surface area contributed by atoms with Gasteiger partial charge in [-0.25, -0.2) is 0 Å². The van der Waals surface area contributed by atoms with E-state index < -0.39 is 5.97 Å². The van der Waals surface area contributed by atoms with E-state index in [0.29, 0.717) is 29.0 Å². The zero-order chi connectivity index (χ0) is 22.2. The number of fused-ring (bicyclic) bond motifs is 5. The molecular formula is C28H42O3. The molecule has 0 aromatic rings. The van der Waals surface area contributed by atoms with Crippen LogP contribution in [0.1, 0.15) is 98.3 Å². The van der Waals surface area contributed by atoms with Crippen LogP contribution in [0, 0.1) is 51.8 Å². The van der Waals surface area contributed by atoms with E-state index in [2.05, 4.69) is 33.8 Å². The summed E-state index contributed by atoms with van der Waals surface area (Å²) in [5, 5.41) is 9.22. The van der Waals surface area contributed by atoms with Crippen LogP contribution >= 0.6 is 0 Å². The Morgan fingerprint density at radius 3 is 2.65 bits per heavy atom. The molecule has 2 unspecified atom stereocenters. The molecular weight excluding hydrogens is 384 g/mol. The van der Waals surface area contributed by atoms with Crippen LogP contribution in [-0.2, 0) is 9.59 Å². The van der Waals surface area contributed by atoms with Crippen LogP contribution in [0.15, 0.2) is 11.6 Å². The second-order valence-electron chi connectivity index (χ2n) is 12.9. The SMILES string of the molecule is C[C@H](CCC1CC1C(=O)O)[C@H]1CC[C@H]2C3=CC[C@@]4(C)CC(=O)CC[C@]4(C)[C@H]3CC[C@]12C. The van der Waals surface area contributed by atoms with Crippen molar-refractivity contribution in [1.29, 1.82) is 0 Å². The van der Waals surface area contributed by atoms with E-state index in [1.807, 2.05) is 0 Å². The van der Waals surface area contributed by atoms with E-state index in [0.717, 1.165) is 50.4 Å². The standard InChI is InChI=1S/C28H42O3/c1-17(5-6-18-15-21(18)25(30)31)22-7-8-23-20-10-12-26(2)16-19(29)9-14-28(26,4)24(20)11-13-27(22,23)3/h10,17-18,21-24H,5-9,11-16H2,1-4H3,(H,30,31)/t17-,18?,21?,22-,23+,24+,26+,27-,28-/m1/s1. The number of carboxylic acids is 1. The Labute approximate surface area is 188 Å². The molecule has 31 heavy (non-hydrogen) atoms. The summed E-state index contributed by atoms with van der Waals surface area (Å²) < 4.78 is 0. The van der Waals surface area contributed by atoms with Crippen molar-refractivity contribution in [1.82, 2.24) is 0 Å². The highest BCUT2D eigenvalue weighted by Gasteiger charge is 2.61. The third-order valence-electron chi connectivity index (χ3n) is 11.6. The first-order valence-electron chi connectivity index (χ1n) is 13.0. The van der Waals surface area contributed by atoms with Crippen molar-refractivity contribution in [2.24, 2.45) is 51.8 Å². The molecule has 0 heterocycles. The highest BCUT2D eigenvalue weighted by atomic mass is 16.4. The number of hydrogen-bond acceptors (Lipinski definition) is 2. The third-order valence-corrected chi connectivity index (χ3v) is 11.6. The fourth-order valence-electron chi connectivity index (χ4n) is 9.16. The zero-order valence-corrected chi connectivity index (χ0v) is 20.1. The number of rotatable bonds is 5. The maximum atomic E-state index is 12.3. The third kappa shape index (κ3) is 3.19. The molecule has 3 heteroatoms. The molecule has 1 N–H and O–H groups in total. The lowest BCUT2D eigenvalue weighted by Gasteiger charge is -2.61. The fourth-order valence-corrected chi connectivity index (χ4v) is 9.16. The topological polar surface area (TPSA) is 54.4 Å². The van der Waals surface area contributed by atoms with Gasteiger partial charge in [-0.05, 0) is 97.2 Å². The van der Waals surface area contributed by atoms with Crippen molar-refractivity contribution in [2.75, 3.05) is 0 Å². The summed E-state index contributed by atoms with van der Waals surface area (Å²) in [6, 6.07) is 0. The first-order chi connectivity index (χ1) is 14.6. The molecule has 5 aliphatic carbocycles. The first-order valence-corrected chi connectivity index (χ1v) is 13.0. The predicted molar refractivity (Wildman–Crippen MR) is 122 cm³/mol. The number of carbonyl (C=O) groups excluding carboxylic acids is 1. The van der Waals surface area contributed by atoms with Gasteiger partial charge in [0.15, 0.2) is 0 Å². The van der Waals surface area contributed by atoms with Crippen LogP contribution in [0.5, 0.6) is 0 Å². The Balaban J connectivity index is 1.32. The van der Waals surface area contributed by atoms with Crippen molar-refractivity contribution >= 4 is 11.8 Å². The predicted octanol–water partition coefficient (Wildman–Crippen LogP) is 6.66. The van der Waals surface area contributed by atoms with Gasteiger partial charge in [0.2, 0.25) is 0 Å². The van der Waals surface area contributed by atoms with Gasteiger partial charge in [-0.15, -0.1) is 0 Å². The van der Waals surface area contributed by atoms with E-state index in [1.54, 1.807) is 5.57 Å². The Morgan fingerprint density at radius 1 is 1.16 bits per heavy atom. The maximum absolute atomic E-state index is 12.3. The average Bonchev–Trinajstić information content (AvgIpc) is 3.41. The highest BCUT2D eigenvalue weighted by Crippen LogP contribution is 2.69. The molecule has 0 aromatic carbocycles. The second-order valence-corrected chi connectivity index (χ2v) is 12.9. The molecule has 0 spiro atoms. The minimum absolute atomic E-state index is 0.0561. The number of allylic oxidation sites excluding steroid dienone is 2. The van der Waals surface area contributed by atoms with Gasteiger partial charge in [-0.3, -0.25) is 9.59 Å². The van der Waals surface area contributed by atoms with Crippen LogP contribution in [-0.4, -0.2) is 16.9 Å². The minimum atomic E-state index is -0.585. The summed E-state index contributed by atoms with van der Waals surface area (Å²) in [6.45, 7) is 9.94. The van der Waals surface area contributed by atoms with Gasteiger partial charge in [0.1, 0.15) is 5.78 Å². The van der Waals surface area contributed by atoms with E-state index in [1.165, 1.54) is 32.1 Å². The lowest BCUT2D eigenvalue weighted by molar-refractivity contribution is -0.139. The molecule has 0 saturated heterocycles. The zero-order valence-electron chi connectivity index (χ0n) is 20.1. The van der Waals surface area contributed by atoms with Crippen LogP contribution in [0.2, 0.25) is 0 Å². The van der Waals surface area contributed by atoms with Crippen molar-refractivity contribution in [2.45, 2.75) is 98.3 Å². The van der Waals surface area contributed by atoms with Gasteiger partial charge >= 0.3 is 5.97 Å². The second kappa shape index (κ2) is 7.19. The number of ketones is 1. The smallest absolute Gasteiger partial charge is 0.306 e. The molecule has 172 valence electrons. The molecule has 0 radical (unpaired) electrons. The van der Waals surface area contributed by atoms with E-state index in [-0.39, 0.29) is 16.7 Å². The first kappa shape index (κ1) is 21.7. The number of hydrogen-bond donors (Lipinski definition) is 1. The fraction of sp³-hybridized carbons (Fsp3) is 0.857. The molecule has 5 aliphatic rings. The van der Waals surface area contributed by atoms with Gasteiger partial charge in [-0.2, -0.15) is 0 Å². The minimum Gasteiger partial charge on any atom is -0.481 e. The van der Waals surface area contributed by atoms with Crippen LogP contribution in [0.4, 0.5) is 0 Å². The molecule has 3 nitrogen and oxygen atoms in total. The van der Waals surface area contributed by atoms with Gasteiger partial charge < -0.3 is 5.11 Å². The number of carboxylic acid groups (broad SMARTS) is 1. The van der Waals surface area contributed by atoms with Crippen LogP contribution in [0.3, 0.4) is 0 Å². The summed E-state index contributed by atoms with van der Waals surface area (Å²) in [7, 11) is 0. The van der Waals surface area contributed by atoms with E-state index >= 15 is 0 Å². The lowest BCUT2D eigenvalue weighted by atomic mass is 9.43. The molecule has 0 aromatic heterocycles. The average molecular weight is 427 g/mol. The summed E-state index contributed by atoms with van der Waals surface area (Å²) in [4.78, 5) is 23.5. The molecule has 0 bridgehead atoms. The molecule has 0 aliphatic heterocycles. The van der Waals surface area contributed by atoms with E-state index in [4.69, 9.17) is 0 Å². The lowest BCUT2D eigenvalue weighted by Crippen LogP contribution is -2.54. The van der Waals surface area contributed by atoms with Crippen molar-refractivity contribution in [3.05, 3.63) is 11.6 Å². The maximum Gasteiger partial charge on any atom is 0.306 e. The summed E-state index contributed by atoms with van der Waals surface area (Å²) in [6.07, 6.45) is 14.8. The van der Waals surface area contributed by atoms with Gasteiger partial charge in [-0.1, -0.05) is 45.8 Å². The normalized spacial score (nSPS) is 49.5. The monoisotopic (exact) mass is 426 g/mol. The molecule has 5 rings (SSSR count). The number of carbonyl (C=O) groups is 2. The number of aliphatic carboxylic acids is 1. The number of Topliss-reactive ketones (excluding diaryl/α,β-unsaturated/α-hetero) is 1. The Bertz CT molecular complexity index is 813. The van der Waals surface area contributed by atoms with Gasteiger partial charge in [0.05, 0.1) is 5.92 Å². The Morgan fingerprint density at radius 2 is 1.94 bits per heavy atom. The molecule has 4 saturated carbocycles. The van der Waals surface area contributed by atoms with Crippen LogP contribution in [0.25, 0.3) is 0 Å². The van der Waals surface area contributed by atoms with Gasteiger partial charge in [0, 0.05) is 12.8 Å². The summed E-state index contributed by atoms with van der Waals surface area (Å²) in [5.74, 6) is 3.15. The molecule has 0 amide bonds. The summed E-state index contributed by atoms with van der Waals surface area (Å²) >= 11 is 0. The highest BCUT2D eigenvalue weighted by molar-refractivity contribution is 5.80. The van der Waals surface area contributed by atoms with Crippen LogP contribution < -0.4 is 0 Å². The largest absolute Gasteiger partial charge is 0.481 e. The Hall–Kier alpha value is -1.12. The summed E-state index contributed by atoms with van der Waals surface area (Å²) in [5.41, 5.74) is 2.62. The Kier molecular flexibility index (Phi) is 5.03. The molecule has 9 atom stereocenters. The van der Waals surface area contributed by atoms with E-state index in [9.17, 15) is 14.7 Å². The quantitative estimate of drug-likeness (QED) is 0.500. The van der Waals surface area contributed by atoms with Crippen molar-refractivity contribution in [3.8, 4) is 0 Å². The van der Waals surface area contributed by atoms with Gasteiger partial charge in [0.25, 0.3) is 0 Å². The van der Waals surface area contributed by atoms with Crippen molar-refractivity contribution in [3.63, 3.8) is 0 Å². The van der Waals surface area contributed by atoms with Crippen molar-refractivity contribution < 1.29 is 14.7 Å².